The lowest BCUT2D eigenvalue weighted by molar-refractivity contribution is -0.138. The molecule has 3 aliphatic rings. The van der Waals surface area contributed by atoms with Crippen molar-refractivity contribution >= 4 is 11.9 Å². The van der Waals surface area contributed by atoms with E-state index in [-0.39, 0.29) is 23.9 Å². The maximum atomic E-state index is 12.5. The molecule has 0 aliphatic carbocycles. The average Bonchev–Trinajstić information content (AvgIpc) is 2.79. The number of nitrogens with zero attached hydrogens (tertiary/aromatic N) is 2. The van der Waals surface area contributed by atoms with Gasteiger partial charge in [-0.25, -0.2) is 4.79 Å². The monoisotopic (exact) mass is 266 g/mol. The van der Waals surface area contributed by atoms with E-state index in [2.05, 4.69) is 17.6 Å². The second-order valence-corrected chi connectivity index (χ2v) is 5.89. The zero-order valence-corrected chi connectivity index (χ0v) is 11.4. The Bertz CT molecular complexity index is 387. The maximum Gasteiger partial charge on any atom is 0.317 e. The fourth-order valence-corrected chi connectivity index (χ4v) is 3.42. The molecule has 3 saturated heterocycles. The summed E-state index contributed by atoms with van der Waals surface area (Å²) in [5.74, 6) is 0.445. The highest BCUT2D eigenvalue weighted by Gasteiger charge is 2.38. The van der Waals surface area contributed by atoms with Crippen LogP contribution in [0.25, 0.3) is 0 Å². The van der Waals surface area contributed by atoms with Gasteiger partial charge in [0.25, 0.3) is 0 Å². The average molecular weight is 266 g/mol. The summed E-state index contributed by atoms with van der Waals surface area (Å²) in [4.78, 5) is 27.9. The van der Waals surface area contributed by atoms with Crippen molar-refractivity contribution in [3.63, 3.8) is 0 Å². The first-order valence-electron chi connectivity index (χ1n) is 7.22. The summed E-state index contributed by atoms with van der Waals surface area (Å²) < 4.78 is 0. The van der Waals surface area contributed by atoms with E-state index >= 15 is 0 Å². The van der Waals surface area contributed by atoms with Crippen LogP contribution >= 0.6 is 0 Å². The van der Waals surface area contributed by atoms with Gasteiger partial charge in [-0.3, -0.25) is 4.79 Å². The third kappa shape index (κ3) is 2.41. The summed E-state index contributed by atoms with van der Waals surface area (Å²) in [5, 5.41) is 6.23. The zero-order chi connectivity index (χ0) is 13.4. The van der Waals surface area contributed by atoms with E-state index in [0.717, 1.165) is 19.4 Å². The Morgan fingerprint density at radius 1 is 1.37 bits per heavy atom. The van der Waals surface area contributed by atoms with Gasteiger partial charge in [0.15, 0.2) is 0 Å². The Kier molecular flexibility index (Phi) is 3.35. The smallest absolute Gasteiger partial charge is 0.317 e. The van der Waals surface area contributed by atoms with Gasteiger partial charge in [-0.2, -0.15) is 0 Å². The van der Waals surface area contributed by atoms with Crippen molar-refractivity contribution in [2.24, 2.45) is 5.92 Å². The summed E-state index contributed by atoms with van der Waals surface area (Å²) >= 11 is 0. The van der Waals surface area contributed by atoms with E-state index in [1.165, 1.54) is 0 Å². The van der Waals surface area contributed by atoms with Gasteiger partial charge in [0.1, 0.15) is 0 Å². The zero-order valence-electron chi connectivity index (χ0n) is 11.4. The predicted octanol–water partition coefficient (Wildman–Crippen LogP) is -0.389. The number of carbonyl (C=O) groups is 2. The molecule has 6 heteroatoms. The number of piperazine rings is 1. The molecule has 3 heterocycles. The number of urea groups is 1. The molecular weight excluding hydrogens is 244 g/mol. The third-order valence-electron chi connectivity index (χ3n) is 4.52. The summed E-state index contributed by atoms with van der Waals surface area (Å²) in [6.45, 7) is 5.78. The van der Waals surface area contributed by atoms with Crippen molar-refractivity contribution in [3.8, 4) is 0 Å². The number of nitrogens with one attached hydrogen (secondary N) is 2. The van der Waals surface area contributed by atoms with Crippen molar-refractivity contribution < 1.29 is 9.59 Å². The highest BCUT2D eigenvalue weighted by atomic mass is 16.2. The molecule has 19 heavy (non-hydrogen) atoms. The molecule has 3 rings (SSSR count). The highest BCUT2D eigenvalue weighted by Crippen LogP contribution is 2.22. The number of rotatable bonds is 1. The molecule has 0 bridgehead atoms. The molecule has 0 saturated carbocycles. The van der Waals surface area contributed by atoms with Crippen LogP contribution in [0.5, 0.6) is 0 Å². The van der Waals surface area contributed by atoms with Crippen molar-refractivity contribution in [1.82, 2.24) is 20.4 Å². The largest absolute Gasteiger partial charge is 0.339 e. The molecule has 0 aromatic rings. The molecule has 3 aliphatic heterocycles. The molecule has 2 N–H and O–H groups in total. The van der Waals surface area contributed by atoms with E-state index in [1.54, 1.807) is 0 Å². The minimum absolute atomic E-state index is 0.0209. The molecule has 3 fully saturated rings. The summed E-state index contributed by atoms with van der Waals surface area (Å²) in [7, 11) is 0. The molecule has 0 aromatic heterocycles. The van der Waals surface area contributed by atoms with Crippen molar-refractivity contribution in [1.29, 1.82) is 0 Å². The molecule has 3 unspecified atom stereocenters. The SMILES string of the molecule is CC1CC(C(=O)N2CCN3C(=O)NCC3C2)CCN1. The van der Waals surface area contributed by atoms with Crippen molar-refractivity contribution in [2.45, 2.75) is 31.8 Å². The summed E-state index contributed by atoms with van der Waals surface area (Å²) in [5.41, 5.74) is 0. The Hall–Kier alpha value is -1.30. The molecule has 6 nitrogen and oxygen atoms in total. The first-order valence-corrected chi connectivity index (χ1v) is 7.22. The van der Waals surface area contributed by atoms with Gasteiger partial charge in [-0.05, 0) is 26.3 Å². The number of hydrogen-bond acceptors (Lipinski definition) is 3. The van der Waals surface area contributed by atoms with Crippen LogP contribution in [0.2, 0.25) is 0 Å². The van der Waals surface area contributed by atoms with E-state index in [4.69, 9.17) is 0 Å². The lowest BCUT2D eigenvalue weighted by Crippen LogP contribution is -2.55. The molecular formula is C13H22N4O2. The van der Waals surface area contributed by atoms with Crippen LogP contribution in [0.4, 0.5) is 4.79 Å². The summed E-state index contributed by atoms with van der Waals surface area (Å²) in [6, 6.07) is 0.621. The van der Waals surface area contributed by atoms with Gasteiger partial charge in [0.05, 0.1) is 6.04 Å². The van der Waals surface area contributed by atoms with Crippen LogP contribution in [-0.4, -0.2) is 66.5 Å². The topological polar surface area (TPSA) is 64.7 Å². The second-order valence-electron chi connectivity index (χ2n) is 5.89. The number of piperidine rings is 1. The Morgan fingerprint density at radius 3 is 3.00 bits per heavy atom. The second kappa shape index (κ2) is 5.00. The Morgan fingerprint density at radius 2 is 2.21 bits per heavy atom. The number of amides is 3. The molecule has 106 valence electrons. The molecule has 3 amide bonds. The minimum atomic E-state index is 0.0209. The number of hydrogen-bond donors (Lipinski definition) is 2. The quantitative estimate of drug-likeness (QED) is 0.679. The first kappa shape index (κ1) is 12.7. The van der Waals surface area contributed by atoms with E-state index in [9.17, 15) is 9.59 Å². The van der Waals surface area contributed by atoms with Crippen LogP contribution in [0.15, 0.2) is 0 Å². The van der Waals surface area contributed by atoms with Gasteiger partial charge in [-0.1, -0.05) is 0 Å². The van der Waals surface area contributed by atoms with Crippen LogP contribution in [0, 0.1) is 5.92 Å². The lowest BCUT2D eigenvalue weighted by atomic mass is 9.91. The Labute approximate surface area is 113 Å². The van der Waals surface area contributed by atoms with Gasteiger partial charge in [0.2, 0.25) is 5.91 Å². The Balaban J connectivity index is 1.60. The molecule has 0 spiro atoms. The van der Waals surface area contributed by atoms with Crippen molar-refractivity contribution in [2.75, 3.05) is 32.7 Å². The fourth-order valence-electron chi connectivity index (χ4n) is 3.42. The molecule has 0 radical (unpaired) electrons. The van der Waals surface area contributed by atoms with E-state index in [1.807, 2.05) is 9.80 Å². The minimum Gasteiger partial charge on any atom is -0.339 e. The third-order valence-corrected chi connectivity index (χ3v) is 4.52. The van der Waals surface area contributed by atoms with Crippen molar-refractivity contribution in [3.05, 3.63) is 0 Å². The first-order chi connectivity index (χ1) is 9.15. The lowest BCUT2D eigenvalue weighted by Gasteiger charge is -2.39. The van der Waals surface area contributed by atoms with E-state index < -0.39 is 0 Å². The van der Waals surface area contributed by atoms with Gasteiger partial charge in [-0.15, -0.1) is 0 Å². The standard InChI is InChI=1S/C13H22N4O2/c1-9-6-10(2-3-14-9)12(18)16-4-5-17-11(8-16)7-15-13(17)19/h9-11,14H,2-8H2,1H3,(H,15,19). The van der Waals surface area contributed by atoms with Crippen LogP contribution in [-0.2, 0) is 4.79 Å². The maximum absolute atomic E-state index is 12.5. The highest BCUT2D eigenvalue weighted by molar-refractivity contribution is 5.81. The van der Waals surface area contributed by atoms with Gasteiger partial charge >= 0.3 is 6.03 Å². The van der Waals surface area contributed by atoms with Gasteiger partial charge in [0, 0.05) is 38.1 Å². The summed E-state index contributed by atoms with van der Waals surface area (Å²) in [6.07, 6.45) is 1.87. The van der Waals surface area contributed by atoms with Crippen LogP contribution in [0.3, 0.4) is 0 Å². The van der Waals surface area contributed by atoms with Crippen LogP contribution in [0.1, 0.15) is 19.8 Å². The number of fused-ring (bicyclic) bond motifs is 1. The fraction of sp³-hybridized carbons (Fsp3) is 0.846. The molecule has 0 aromatic carbocycles. The normalized spacial score (nSPS) is 35.0. The molecule has 3 atom stereocenters. The van der Waals surface area contributed by atoms with Gasteiger partial charge < -0.3 is 20.4 Å². The van der Waals surface area contributed by atoms with E-state index in [0.29, 0.717) is 32.2 Å². The predicted molar refractivity (Wildman–Crippen MR) is 70.7 cm³/mol. The number of carbonyl (C=O) groups excluding carboxylic acids is 2. The van der Waals surface area contributed by atoms with Crippen LogP contribution < -0.4 is 10.6 Å².